The molecule has 0 bridgehead atoms. The summed E-state index contributed by atoms with van der Waals surface area (Å²) in [5, 5.41) is 3.14. The Bertz CT molecular complexity index is 465. The molecule has 0 spiro atoms. The molecule has 1 saturated heterocycles. The molecule has 0 radical (unpaired) electrons. The molecule has 1 fully saturated rings. The van der Waals surface area contributed by atoms with Crippen LogP contribution in [0.4, 0.5) is 5.69 Å². The van der Waals surface area contributed by atoms with E-state index in [9.17, 15) is 4.79 Å². The molecule has 1 amide bonds. The van der Waals surface area contributed by atoms with Crippen LogP contribution in [0.3, 0.4) is 0 Å². The smallest absolute Gasteiger partial charge is 0.222 e. The molecule has 1 aromatic carbocycles. The highest BCUT2D eigenvalue weighted by Crippen LogP contribution is 2.15. The van der Waals surface area contributed by atoms with Gasteiger partial charge in [-0.3, -0.25) is 9.69 Å². The van der Waals surface area contributed by atoms with Crippen LogP contribution in [0.15, 0.2) is 24.3 Å². The summed E-state index contributed by atoms with van der Waals surface area (Å²) in [5.41, 5.74) is 7.86. The number of amides is 1. The van der Waals surface area contributed by atoms with E-state index in [1.54, 1.807) is 0 Å². The third-order valence-electron chi connectivity index (χ3n) is 3.73. The number of hydrogen-bond acceptors (Lipinski definition) is 3. The number of carbonyl (C=O) groups is 1. The van der Waals surface area contributed by atoms with E-state index in [2.05, 4.69) is 16.3 Å². The van der Waals surface area contributed by atoms with Crippen LogP contribution in [-0.4, -0.2) is 29.9 Å². The first-order chi connectivity index (χ1) is 9.54. The molecule has 1 heterocycles. The second kappa shape index (κ2) is 8.25. The predicted octanol–water partition coefficient (Wildman–Crippen LogP) is 2.43. The van der Waals surface area contributed by atoms with Crippen molar-refractivity contribution in [3.8, 4) is 0 Å². The number of nitrogens with one attached hydrogen (secondary N) is 1. The Kier molecular flexibility index (Phi) is 6.99. The van der Waals surface area contributed by atoms with E-state index in [4.69, 9.17) is 5.73 Å². The van der Waals surface area contributed by atoms with Crippen molar-refractivity contribution in [2.24, 2.45) is 5.92 Å². The van der Waals surface area contributed by atoms with Gasteiger partial charge in [-0.2, -0.15) is 0 Å². The average molecular weight is 312 g/mol. The number of likely N-dealkylation sites (tertiary alicyclic amines) is 1. The zero-order chi connectivity index (χ0) is 14.5. The molecule has 5 heteroatoms. The lowest BCUT2D eigenvalue weighted by molar-refractivity contribution is -0.125. The molecular weight excluding hydrogens is 286 g/mol. The first kappa shape index (κ1) is 17.8. The first-order valence-corrected chi connectivity index (χ1v) is 7.41. The number of nitrogens with zero attached hydrogens (tertiary/aromatic N) is 1. The van der Waals surface area contributed by atoms with E-state index in [-0.39, 0.29) is 30.3 Å². The number of anilines is 1. The second-order valence-electron chi connectivity index (χ2n) is 5.98. The number of benzene rings is 1. The van der Waals surface area contributed by atoms with E-state index in [0.717, 1.165) is 38.2 Å². The highest BCUT2D eigenvalue weighted by atomic mass is 35.5. The van der Waals surface area contributed by atoms with Gasteiger partial charge in [0.2, 0.25) is 5.91 Å². The quantitative estimate of drug-likeness (QED) is 0.840. The molecule has 0 saturated carbocycles. The fourth-order valence-electron chi connectivity index (χ4n) is 2.63. The van der Waals surface area contributed by atoms with Crippen molar-refractivity contribution in [3.63, 3.8) is 0 Å². The summed E-state index contributed by atoms with van der Waals surface area (Å²) in [7, 11) is 0. The summed E-state index contributed by atoms with van der Waals surface area (Å²) in [4.78, 5) is 14.2. The van der Waals surface area contributed by atoms with Crippen molar-refractivity contribution in [2.75, 3.05) is 18.8 Å². The van der Waals surface area contributed by atoms with Gasteiger partial charge in [0.25, 0.3) is 0 Å². The minimum absolute atomic E-state index is 0. The van der Waals surface area contributed by atoms with Crippen LogP contribution in [-0.2, 0) is 11.3 Å². The predicted molar refractivity (Wildman–Crippen MR) is 89.4 cm³/mol. The standard InChI is InChI=1S/C16H25N3O.ClH/c1-12(2)16(20)18-15-7-4-8-19(11-15)10-13-5-3-6-14(17)9-13;/h3,5-6,9,12,15H,4,7-8,10-11,17H2,1-2H3,(H,18,20);1H. The van der Waals surface area contributed by atoms with E-state index < -0.39 is 0 Å². The normalized spacial score (nSPS) is 19.1. The van der Waals surface area contributed by atoms with Crippen LogP contribution >= 0.6 is 12.4 Å². The lowest BCUT2D eigenvalue weighted by Gasteiger charge is -2.33. The molecule has 1 aromatic rings. The van der Waals surface area contributed by atoms with Gasteiger partial charge >= 0.3 is 0 Å². The Morgan fingerprint density at radius 2 is 2.24 bits per heavy atom. The van der Waals surface area contributed by atoms with Gasteiger partial charge < -0.3 is 11.1 Å². The van der Waals surface area contributed by atoms with Gasteiger partial charge in [0, 0.05) is 30.7 Å². The summed E-state index contributed by atoms with van der Waals surface area (Å²) < 4.78 is 0. The molecule has 2 rings (SSSR count). The Balaban J connectivity index is 0.00000220. The van der Waals surface area contributed by atoms with Crippen molar-refractivity contribution in [1.82, 2.24) is 10.2 Å². The van der Waals surface area contributed by atoms with Gasteiger partial charge in [-0.15, -0.1) is 12.4 Å². The van der Waals surface area contributed by atoms with Crippen LogP contribution < -0.4 is 11.1 Å². The number of piperidine rings is 1. The maximum absolute atomic E-state index is 11.8. The minimum Gasteiger partial charge on any atom is -0.399 e. The van der Waals surface area contributed by atoms with Crippen molar-refractivity contribution < 1.29 is 4.79 Å². The fourth-order valence-corrected chi connectivity index (χ4v) is 2.63. The number of nitrogens with two attached hydrogens (primary N) is 1. The summed E-state index contributed by atoms with van der Waals surface area (Å²) in [6.45, 7) is 6.78. The van der Waals surface area contributed by atoms with Crippen LogP contribution in [0.25, 0.3) is 0 Å². The third-order valence-corrected chi connectivity index (χ3v) is 3.73. The zero-order valence-corrected chi connectivity index (χ0v) is 13.7. The fraction of sp³-hybridized carbons (Fsp3) is 0.562. The van der Waals surface area contributed by atoms with Crippen LogP contribution in [0.1, 0.15) is 32.3 Å². The maximum Gasteiger partial charge on any atom is 0.222 e. The third kappa shape index (κ3) is 5.56. The van der Waals surface area contributed by atoms with E-state index in [1.165, 1.54) is 5.56 Å². The van der Waals surface area contributed by atoms with Crippen LogP contribution in [0, 0.1) is 5.92 Å². The van der Waals surface area contributed by atoms with Crippen LogP contribution in [0.5, 0.6) is 0 Å². The number of halogens is 1. The Hall–Kier alpha value is -1.26. The zero-order valence-electron chi connectivity index (χ0n) is 12.8. The Morgan fingerprint density at radius 3 is 2.90 bits per heavy atom. The van der Waals surface area contributed by atoms with Gasteiger partial charge in [0.05, 0.1) is 0 Å². The summed E-state index contributed by atoms with van der Waals surface area (Å²) >= 11 is 0. The average Bonchev–Trinajstić information content (AvgIpc) is 2.39. The van der Waals surface area contributed by atoms with Gasteiger partial charge in [-0.25, -0.2) is 0 Å². The first-order valence-electron chi connectivity index (χ1n) is 7.41. The molecule has 1 atom stereocenters. The largest absolute Gasteiger partial charge is 0.399 e. The molecular formula is C16H26ClN3O. The van der Waals surface area contributed by atoms with Gasteiger partial charge in [-0.1, -0.05) is 26.0 Å². The SMILES string of the molecule is CC(C)C(=O)NC1CCCN(Cc2cccc(N)c2)C1.Cl. The highest BCUT2D eigenvalue weighted by Gasteiger charge is 2.22. The second-order valence-corrected chi connectivity index (χ2v) is 5.98. The van der Waals surface area contributed by atoms with Gasteiger partial charge in [0.15, 0.2) is 0 Å². The topological polar surface area (TPSA) is 58.4 Å². The maximum atomic E-state index is 11.8. The highest BCUT2D eigenvalue weighted by molar-refractivity contribution is 5.85. The lowest BCUT2D eigenvalue weighted by atomic mass is 10.0. The molecule has 1 aliphatic heterocycles. The molecule has 4 nitrogen and oxygen atoms in total. The van der Waals surface area contributed by atoms with E-state index >= 15 is 0 Å². The molecule has 21 heavy (non-hydrogen) atoms. The van der Waals surface area contributed by atoms with Crippen molar-refractivity contribution in [3.05, 3.63) is 29.8 Å². The number of nitrogen functional groups attached to an aromatic ring is 1. The van der Waals surface area contributed by atoms with E-state index in [0.29, 0.717) is 0 Å². The molecule has 1 aliphatic rings. The molecule has 0 aliphatic carbocycles. The Labute approximate surface area is 133 Å². The summed E-state index contributed by atoms with van der Waals surface area (Å²) in [6.07, 6.45) is 2.21. The number of hydrogen-bond donors (Lipinski definition) is 2. The molecule has 0 aromatic heterocycles. The van der Waals surface area contributed by atoms with Gasteiger partial charge in [0.1, 0.15) is 0 Å². The number of carbonyl (C=O) groups excluding carboxylic acids is 1. The lowest BCUT2D eigenvalue weighted by Crippen LogP contribution is -2.48. The van der Waals surface area contributed by atoms with E-state index in [1.807, 2.05) is 32.0 Å². The monoisotopic (exact) mass is 311 g/mol. The van der Waals surface area contributed by atoms with Crippen molar-refractivity contribution in [2.45, 2.75) is 39.3 Å². The summed E-state index contributed by atoms with van der Waals surface area (Å²) in [6, 6.07) is 8.31. The minimum atomic E-state index is 0. The number of rotatable bonds is 4. The van der Waals surface area contributed by atoms with Gasteiger partial charge in [-0.05, 0) is 37.1 Å². The van der Waals surface area contributed by atoms with Crippen molar-refractivity contribution >= 4 is 24.0 Å². The molecule has 1 unspecified atom stereocenters. The molecule has 118 valence electrons. The molecule has 3 N–H and O–H groups in total. The van der Waals surface area contributed by atoms with Crippen molar-refractivity contribution in [1.29, 1.82) is 0 Å². The summed E-state index contributed by atoms with van der Waals surface area (Å²) in [5.74, 6) is 0.208. The Morgan fingerprint density at radius 1 is 1.48 bits per heavy atom. The van der Waals surface area contributed by atoms with Crippen LogP contribution in [0.2, 0.25) is 0 Å².